The molecular weight excluding hydrogens is 368 g/mol. The lowest BCUT2D eigenvalue weighted by Crippen LogP contribution is -2.15. The van der Waals surface area contributed by atoms with E-state index in [1.807, 2.05) is 12.1 Å². The molecule has 8 nitrogen and oxygen atoms in total. The average molecular weight is 386 g/mol. The Hall–Kier alpha value is -3.17. The van der Waals surface area contributed by atoms with Crippen LogP contribution in [0.25, 0.3) is 5.69 Å². The van der Waals surface area contributed by atoms with Gasteiger partial charge >= 0.3 is 0 Å². The van der Waals surface area contributed by atoms with E-state index < -0.39 is 10.0 Å². The van der Waals surface area contributed by atoms with Crippen LogP contribution in [0.1, 0.15) is 16.1 Å². The molecule has 3 rings (SSSR count). The number of hydrogen-bond acceptors (Lipinski definition) is 5. The summed E-state index contributed by atoms with van der Waals surface area (Å²) in [7, 11) is -2.00. The molecule has 3 aromatic rings. The van der Waals surface area contributed by atoms with Crippen LogP contribution >= 0.6 is 0 Å². The molecule has 9 heteroatoms. The van der Waals surface area contributed by atoms with Crippen molar-refractivity contribution in [3.63, 3.8) is 0 Å². The van der Waals surface area contributed by atoms with Crippen LogP contribution in [-0.2, 0) is 15.8 Å². The lowest BCUT2D eigenvalue weighted by Gasteiger charge is -2.05. The van der Waals surface area contributed by atoms with Crippen molar-refractivity contribution >= 4 is 21.6 Å². The SMILES string of the molecule is COc1ccc(-n2ccc(C(=O)Nc3ccc(CS(N)(=O)=O)cc3)n2)cc1. The first-order chi connectivity index (χ1) is 12.8. The van der Waals surface area contributed by atoms with Gasteiger partial charge in [-0.15, -0.1) is 0 Å². The Morgan fingerprint density at radius 2 is 1.78 bits per heavy atom. The number of nitrogens with zero attached hydrogens (tertiary/aromatic N) is 2. The van der Waals surface area contributed by atoms with Gasteiger partial charge in [0.1, 0.15) is 5.75 Å². The van der Waals surface area contributed by atoms with Gasteiger partial charge < -0.3 is 10.1 Å². The molecule has 0 radical (unpaired) electrons. The topological polar surface area (TPSA) is 116 Å². The van der Waals surface area contributed by atoms with Crippen molar-refractivity contribution in [1.82, 2.24) is 9.78 Å². The molecule has 0 atom stereocenters. The van der Waals surface area contributed by atoms with Crippen molar-refractivity contribution in [2.75, 3.05) is 12.4 Å². The number of carbonyl (C=O) groups excluding carboxylic acids is 1. The number of anilines is 1. The molecule has 0 unspecified atom stereocenters. The molecule has 0 spiro atoms. The number of nitrogens with one attached hydrogen (secondary N) is 1. The maximum atomic E-state index is 12.4. The molecule has 3 N–H and O–H groups in total. The van der Waals surface area contributed by atoms with Crippen LogP contribution in [0.5, 0.6) is 5.75 Å². The summed E-state index contributed by atoms with van der Waals surface area (Å²) in [6, 6.07) is 15.3. The zero-order valence-electron chi connectivity index (χ0n) is 14.5. The van der Waals surface area contributed by atoms with E-state index in [2.05, 4.69) is 10.4 Å². The molecule has 2 aromatic carbocycles. The summed E-state index contributed by atoms with van der Waals surface area (Å²) in [4.78, 5) is 12.4. The monoisotopic (exact) mass is 386 g/mol. The van der Waals surface area contributed by atoms with E-state index in [0.29, 0.717) is 11.3 Å². The number of rotatable bonds is 6. The van der Waals surface area contributed by atoms with E-state index >= 15 is 0 Å². The highest BCUT2D eigenvalue weighted by Gasteiger charge is 2.11. The highest BCUT2D eigenvalue weighted by Crippen LogP contribution is 2.16. The average Bonchev–Trinajstić information content (AvgIpc) is 3.12. The van der Waals surface area contributed by atoms with E-state index in [-0.39, 0.29) is 17.4 Å². The Labute approximate surface area is 156 Å². The van der Waals surface area contributed by atoms with E-state index in [1.165, 1.54) is 0 Å². The third-order valence-electron chi connectivity index (χ3n) is 3.74. The van der Waals surface area contributed by atoms with Crippen LogP contribution in [-0.4, -0.2) is 31.2 Å². The van der Waals surface area contributed by atoms with Gasteiger partial charge in [-0.1, -0.05) is 12.1 Å². The number of nitrogens with two attached hydrogens (primary N) is 1. The smallest absolute Gasteiger partial charge is 0.276 e. The molecule has 0 saturated carbocycles. The number of amides is 1. The summed E-state index contributed by atoms with van der Waals surface area (Å²) in [6.07, 6.45) is 1.69. The Balaban J connectivity index is 1.68. The summed E-state index contributed by atoms with van der Waals surface area (Å²) in [5.74, 6) is 0.101. The zero-order valence-corrected chi connectivity index (χ0v) is 15.3. The van der Waals surface area contributed by atoms with Gasteiger partial charge in [0.25, 0.3) is 5.91 Å². The maximum absolute atomic E-state index is 12.4. The third kappa shape index (κ3) is 4.93. The molecule has 27 heavy (non-hydrogen) atoms. The van der Waals surface area contributed by atoms with Crippen LogP contribution < -0.4 is 15.2 Å². The molecule has 1 heterocycles. The fourth-order valence-electron chi connectivity index (χ4n) is 2.44. The molecule has 0 aliphatic rings. The number of benzene rings is 2. The Morgan fingerprint density at radius 1 is 1.11 bits per heavy atom. The first-order valence-corrected chi connectivity index (χ1v) is 9.66. The number of hydrogen-bond donors (Lipinski definition) is 2. The van der Waals surface area contributed by atoms with Crippen molar-refractivity contribution in [2.24, 2.45) is 5.14 Å². The fraction of sp³-hybridized carbons (Fsp3) is 0.111. The van der Waals surface area contributed by atoms with Gasteiger partial charge in [0.15, 0.2) is 5.69 Å². The minimum Gasteiger partial charge on any atom is -0.497 e. The molecule has 0 saturated heterocycles. The van der Waals surface area contributed by atoms with Crippen LogP contribution in [0.4, 0.5) is 5.69 Å². The maximum Gasteiger partial charge on any atom is 0.276 e. The van der Waals surface area contributed by atoms with Crippen molar-refractivity contribution < 1.29 is 17.9 Å². The minimum atomic E-state index is -3.59. The van der Waals surface area contributed by atoms with Gasteiger partial charge in [0, 0.05) is 11.9 Å². The van der Waals surface area contributed by atoms with E-state index in [1.54, 1.807) is 60.5 Å². The van der Waals surface area contributed by atoms with E-state index in [0.717, 1.165) is 11.4 Å². The van der Waals surface area contributed by atoms with Gasteiger partial charge in [0.05, 0.1) is 18.6 Å². The second-order valence-electron chi connectivity index (χ2n) is 5.80. The number of sulfonamides is 1. The van der Waals surface area contributed by atoms with Crippen molar-refractivity contribution in [1.29, 1.82) is 0 Å². The highest BCUT2D eigenvalue weighted by molar-refractivity contribution is 7.88. The van der Waals surface area contributed by atoms with Crippen LogP contribution in [0, 0.1) is 0 Å². The van der Waals surface area contributed by atoms with Gasteiger partial charge in [-0.05, 0) is 48.0 Å². The van der Waals surface area contributed by atoms with Crippen LogP contribution in [0.2, 0.25) is 0 Å². The van der Waals surface area contributed by atoms with Crippen molar-refractivity contribution in [3.8, 4) is 11.4 Å². The van der Waals surface area contributed by atoms with E-state index in [4.69, 9.17) is 9.88 Å². The first kappa shape index (κ1) is 18.6. The van der Waals surface area contributed by atoms with Gasteiger partial charge in [-0.3, -0.25) is 4.79 Å². The zero-order chi connectivity index (χ0) is 19.4. The van der Waals surface area contributed by atoms with Crippen LogP contribution in [0.15, 0.2) is 60.8 Å². The standard InChI is InChI=1S/C18H18N4O4S/c1-26-16-8-6-15(7-9-16)22-11-10-17(21-22)18(23)20-14-4-2-13(3-5-14)12-27(19,24)25/h2-11H,12H2,1H3,(H,20,23)(H2,19,24,25). The van der Waals surface area contributed by atoms with Crippen LogP contribution in [0.3, 0.4) is 0 Å². The van der Waals surface area contributed by atoms with Crippen molar-refractivity contribution in [3.05, 3.63) is 72.1 Å². The fourth-order valence-corrected chi connectivity index (χ4v) is 3.09. The normalized spacial score (nSPS) is 11.2. The summed E-state index contributed by atoms with van der Waals surface area (Å²) in [5, 5.41) is 12.0. The number of methoxy groups -OCH3 is 1. The lowest BCUT2D eigenvalue weighted by molar-refractivity contribution is 0.102. The summed E-state index contributed by atoms with van der Waals surface area (Å²) >= 11 is 0. The molecule has 140 valence electrons. The highest BCUT2D eigenvalue weighted by atomic mass is 32.2. The summed E-state index contributed by atoms with van der Waals surface area (Å²) in [5.41, 5.74) is 2.11. The largest absolute Gasteiger partial charge is 0.497 e. The molecule has 0 aliphatic carbocycles. The second-order valence-corrected chi connectivity index (χ2v) is 7.42. The van der Waals surface area contributed by atoms with E-state index in [9.17, 15) is 13.2 Å². The quantitative estimate of drug-likeness (QED) is 0.671. The number of primary sulfonamides is 1. The predicted octanol–water partition coefficient (Wildman–Crippen LogP) is 1.92. The first-order valence-electron chi connectivity index (χ1n) is 7.95. The summed E-state index contributed by atoms with van der Waals surface area (Å²) in [6.45, 7) is 0. The van der Waals surface area contributed by atoms with Gasteiger partial charge in [0.2, 0.25) is 10.0 Å². The molecule has 1 aromatic heterocycles. The number of ether oxygens (including phenoxy) is 1. The molecule has 1 amide bonds. The number of aromatic nitrogens is 2. The second kappa shape index (κ2) is 7.60. The predicted molar refractivity (Wildman–Crippen MR) is 101 cm³/mol. The molecule has 0 bridgehead atoms. The van der Waals surface area contributed by atoms with Crippen molar-refractivity contribution in [2.45, 2.75) is 5.75 Å². The van der Waals surface area contributed by atoms with Gasteiger partial charge in [-0.2, -0.15) is 5.10 Å². The number of carbonyl (C=O) groups is 1. The minimum absolute atomic E-state index is 0.249. The third-order valence-corrected chi connectivity index (χ3v) is 4.47. The molecule has 0 aliphatic heterocycles. The summed E-state index contributed by atoms with van der Waals surface area (Å²) < 4.78 is 28.9. The Bertz CT molecular complexity index is 1040. The lowest BCUT2D eigenvalue weighted by atomic mass is 10.2. The molecular formula is C18H18N4O4S. The molecule has 0 fully saturated rings. The van der Waals surface area contributed by atoms with Gasteiger partial charge in [-0.25, -0.2) is 18.2 Å². The Morgan fingerprint density at radius 3 is 2.37 bits per heavy atom. The Kier molecular flexibility index (Phi) is 5.24.